The second-order valence-electron chi connectivity index (χ2n) is 6.17. The molecule has 0 spiro atoms. The minimum atomic E-state index is 0.737. The first kappa shape index (κ1) is 14.3. The molecule has 3 nitrogen and oxygen atoms in total. The van der Waals surface area contributed by atoms with Crippen LogP contribution in [0, 0.1) is 5.92 Å². The Balaban J connectivity index is 1.83. The van der Waals surface area contributed by atoms with Crippen LogP contribution in [0.25, 0.3) is 0 Å². The summed E-state index contributed by atoms with van der Waals surface area (Å²) in [5.74, 6) is 0.936. The Labute approximate surface area is 113 Å². The van der Waals surface area contributed by atoms with E-state index in [4.69, 9.17) is 0 Å². The smallest absolute Gasteiger partial charge is 0.0223 e. The molecule has 1 aliphatic heterocycles. The van der Waals surface area contributed by atoms with E-state index in [1.54, 1.807) is 0 Å². The zero-order chi connectivity index (χ0) is 12.8. The van der Waals surface area contributed by atoms with Gasteiger partial charge in [0.25, 0.3) is 0 Å². The van der Waals surface area contributed by atoms with Crippen LogP contribution >= 0.6 is 0 Å². The van der Waals surface area contributed by atoms with Crippen LogP contribution in [0.4, 0.5) is 0 Å². The number of hydrogen-bond donors (Lipinski definition) is 1. The molecule has 1 atom stereocenters. The van der Waals surface area contributed by atoms with Crippen LogP contribution in [0.5, 0.6) is 0 Å². The Kier molecular flexibility index (Phi) is 5.93. The summed E-state index contributed by atoms with van der Waals surface area (Å²) in [4.78, 5) is 5.16. The summed E-state index contributed by atoms with van der Waals surface area (Å²) in [5, 5.41) is 3.75. The maximum atomic E-state index is 3.75. The van der Waals surface area contributed by atoms with Crippen molar-refractivity contribution in [2.45, 2.75) is 45.1 Å². The van der Waals surface area contributed by atoms with Gasteiger partial charge in [0.2, 0.25) is 0 Å². The first-order valence-electron chi connectivity index (χ1n) is 7.94. The van der Waals surface area contributed by atoms with E-state index in [1.807, 2.05) is 0 Å². The van der Waals surface area contributed by atoms with Crippen LogP contribution in [0.15, 0.2) is 0 Å². The summed E-state index contributed by atoms with van der Waals surface area (Å²) < 4.78 is 0. The highest BCUT2D eigenvalue weighted by molar-refractivity contribution is 4.84. The fraction of sp³-hybridized carbons (Fsp3) is 1.00. The molecular weight excluding hydrogens is 222 g/mol. The zero-order valence-electron chi connectivity index (χ0n) is 12.3. The molecule has 0 bridgehead atoms. The highest BCUT2D eigenvalue weighted by atomic mass is 15.2. The van der Waals surface area contributed by atoms with E-state index in [0.717, 1.165) is 18.5 Å². The van der Waals surface area contributed by atoms with Crippen molar-refractivity contribution in [3.05, 3.63) is 0 Å². The molecule has 1 saturated carbocycles. The molecule has 1 saturated heterocycles. The summed E-state index contributed by atoms with van der Waals surface area (Å²) >= 11 is 0. The van der Waals surface area contributed by atoms with Crippen molar-refractivity contribution in [1.29, 1.82) is 0 Å². The molecule has 1 unspecified atom stereocenters. The highest BCUT2D eigenvalue weighted by Crippen LogP contribution is 2.28. The Bertz CT molecular complexity index is 226. The van der Waals surface area contributed by atoms with Crippen LogP contribution in [0.2, 0.25) is 0 Å². The van der Waals surface area contributed by atoms with Gasteiger partial charge in [-0.2, -0.15) is 0 Å². The number of nitrogens with zero attached hydrogens (tertiary/aromatic N) is 2. The Morgan fingerprint density at radius 2 is 1.83 bits per heavy atom. The largest absolute Gasteiger partial charge is 0.313 e. The van der Waals surface area contributed by atoms with E-state index < -0.39 is 0 Å². The van der Waals surface area contributed by atoms with Gasteiger partial charge in [-0.3, -0.25) is 0 Å². The minimum absolute atomic E-state index is 0.737. The lowest BCUT2D eigenvalue weighted by atomic mass is 9.97. The lowest BCUT2D eigenvalue weighted by molar-refractivity contribution is 0.214. The zero-order valence-corrected chi connectivity index (χ0v) is 12.3. The van der Waals surface area contributed by atoms with Gasteiger partial charge >= 0.3 is 0 Å². The van der Waals surface area contributed by atoms with Crippen LogP contribution in [-0.4, -0.2) is 62.2 Å². The van der Waals surface area contributed by atoms with Crippen molar-refractivity contribution >= 4 is 0 Å². The second kappa shape index (κ2) is 7.46. The molecule has 0 radical (unpaired) electrons. The van der Waals surface area contributed by atoms with E-state index in [1.165, 1.54) is 64.8 Å². The third-order valence-electron chi connectivity index (χ3n) is 4.70. The van der Waals surface area contributed by atoms with Crippen molar-refractivity contribution < 1.29 is 0 Å². The molecule has 106 valence electrons. The highest BCUT2D eigenvalue weighted by Gasteiger charge is 2.26. The van der Waals surface area contributed by atoms with Crippen LogP contribution in [0.1, 0.15) is 39.0 Å². The molecule has 0 aromatic rings. The molecule has 3 heteroatoms. The van der Waals surface area contributed by atoms with E-state index >= 15 is 0 Å². The molecule has 1 N–H and O–H groups in total. The number of likely N-dealkylation sites (N-methyl/N-ethyl adjacent to an activating group) is 2. The molecule has 1 heterocycles. The third-order valence-corrected chi connectivity index (χ3v) is 4.70. The number of nitrogens with one attached hydrogen (secondary N) is 1. The van der Waals surface area contributed by atoms with Crippen LogP contribution in [0.3, 0.4) is 0 Å². The predicted octanol–water partition coefficient (Wildman–Crippen LogP) is 1.79. The summed E-state index contributed by atoms with van der Waals surface area (Å²) in [6.45, 7) is 9.69. The minimum Gasteiger partial charge on any atom is -0.313 e. The van der Waals surface area contributed by atoms with Gasteiger partial charge in [0.15, 0.2) is 0 Å². The SMILES string of the molecule is CCNC(CN1CCCN(C)CC1)C1CCCC1. The second-order valence-corrected chi connectivity index (χ2v) is 6.17. The predicted molar refractivity (Wildman–Crippen MR) is 78.0 cm³/mol. The van der Waals surface area contributed by atoms with Gasteiger partial charge < -0.3 is 15.1 Å². The third kappa shape index (κ3) is 4.22. The van der Waals surface area contributed by atoms with Crippen molar-refractivity contribution in [3.63, 3.8) is 0 Å². The van der Waals surface area contributed by atoms with Crippen molar-refractivity contribution in [2.24, 2.45) is 5.92 Å². The van der Waals surface area contributed by atoms with Crippen molar-refractivity contribution in [1.82, 2.24) is 15.1 Å². The first-order valence-corrected chi connectivity index (χ1v) is 7.94. The standard InChI is InChI=1S/C15H31N3/c1-3-16-15(14-7-4-5-8-14)13-18-10-6-9-17(2)11-12-18/h14-16H,3-13H2,1-2H3. The monoisotopic (exact) mass is 253 g/mol. The molecule has 0 amide bonds. The number of hydrogen-bond acceptors (Lipinski definition) is 3. The fourth-order valence-corrected chi connectivity index (χ4v) is 3.56. The lowest BCUT2D eigenvalue weighted by Gasteiger charge is -2.30. The topological polar surface area (TPSA) is 18.5 Å². The van der Waals surface area contributed by atoms with Gasteiger partial charge in [0.1, 0.15) is 0 Å². The Hall–Kier alpha value is -0.120. The summed E-state index contributed by atoms with van der Waals surface area (Å²) in [6, 6.07) is 0.737. The maximum Gasteiger partial charge on any atom is 0.0223 e. The molecule has 0 aromatic heterocycles. The average molecular weight is 253 g/mol. The average Bonchev–Trinajstić information content (AvgIpc) is 2.81. The molecule has 2 rings (SSSR count). The Morgan fingerprint density at radius 1 is 1.06 bits per heavy atom. The van der Waals surface area contributed by atoms with Gasteiger partial charge in [0, 0.05) is 25.7 Å². The van der Waals surface area contributed by atoms with E-state index in [-0.39, 0.29) is 0 Å². The van der Waals surface area contributed by atoms with Crippen molar-refractivity contribution in [2.75, 3.05) is 46.3 Å². The summed E-state index contributed by atoms with van der Waals surface area (Å²) in [6.07, 6.45) is 7.14. The fourth-order valence-electron chi connectivity index (χ4n) is 3.56. The van der Waals surface area contributed by atoms with Crippen LogP contribution in [-0.2, 0) is 0 Å². The molecular formula is C15H31N3. The maximum absolute atomic E-state index is 3.75. The normalized spacial score (nSPS) is 26.3. The molecule has 1 aliphatic carbocycles. The molecule has 2 aliphatic rings. The van der Waals surface area contributed by atoms with E-state index in [9.17, 15) is 0 Å². The van der Waals surface area contributed by atoms with Gasteiger partial charge in [-0.15, -0.1) is 0 Å². The summed E-state index contributed by atoms with van der Waals surface area (Å²) in [5.41, 5.74) is 0. The van der Waals surface area contributed by atoms with Crippen LogP contribution < -0.4 is 5.32 Å². The molecule has 2 fully saturated rings. The molecule has 0 aromatic carbocycles. The molecule has 18 heavy (non-hydrogen) atoms. The quantitative estimate of drug-likeness (QED) is 0.806. The van der Waals surface area contributed by atoms with Gasteiger partial charge in [-0.1, -0.05) is 19.8 Å². The van der Waals surface area contributed by atoms with Gasteiger partial charge in [-0.05, 0) is 51.9 Å². The lowest BCUT2D eigenvalue weighted by Crippen LogP contribution is -2.46. The first-order chi connectivity index (χ1) is 8.79. The van der Waals surface area contributed by atoms with E-state index in [0.29, 0.717) is 0 Å². The summed E-state index contributed by atoms with van der Waals surface area (Å²) in [7, 11) is 2.25. The Morgan fingerprint density at radius 3 is 2.56 bits per heavy atom. The van der Waals surface area contributed by atoms with Gasteiger partial charge in [-0.25, -0.2) is 0 Å². The number of rotatable bonds is 5. The van der Waals surface area contributed by atoms with E-state index in [2.05, 4.69) is 29.1 Å². The van der Waals surface area contributed by atoms with Crippen molar-refractivity contribution in [3.8, 4) is 0 Å². The van der Waals surface area contributed by atoms with Gasteiger partial charge in [0.05, 0.1) is 0 Å².